The number of aromatic nitrogens is 2. The van der Waals surface area contributed by atoms with Crippen LogP contribution in [0.15, 0.2) is 17.1 Å². The van der Waals surface area contributed by atoms with Gasteiger partial charge >= 0.3 is 29.2 Å². The van der Waals surface area contributed by atoms with Crippen molar-refractivity contribution in [3.8, 4) is 0 Å². The Morgan fingerprint density at radius 3 is 2.38 bits per heavy atom. The molecule has 0 bridgehead atoms. The van der Waals surface area contributed by atoms with Crippen LogP contribution in [-0.2, 0) is 31.6 Å². The van der Waals surface area contributed by atoms with Crippen molar-refractivity contribution in [2.45, 2.75) is 37.1 Å². The lowest BCUT2D eigenvalue weighted by molar-refractivity contribution is -0.122. The maximum atomic E-state index is 13.7. The topological polar surface area (TPSA) is 270 Å². The highest BCUT2D eigenvalue weighted by atomic mass is 31.3. The quantitative estimate of drug-likeness (QED) is 0.180. The van der Waals surface area contributed by atoms with Gasteiger partial charge in [-0.1, -0.05) is 0 Å². The third-order valence-electron chi connectivity index (χ3n) is 4.03. The number of aliphatic hydroxyl groups is 2. The van der Waals surface area contributed by atoms with Crippen LogP contribution in [0.4, 0.5) is 10.2 Å². The minimum atomic E-state index is -5.82. The van der Waals surface area contributed by atoms with Crippen LogP contribution in [0.2, 0.25) is 0 Å². The fourth-order valence-electron chi connectivity index (χ4n) is 2.76. The molecule has 2 rings (SSSR count). The Hall–Kier alpha value is -1.10. The lowest BCUT2D eigenvalue weighted by Crippen LogP contribution is -2.51. The van der Waals surface area contributed by atoms with E-state index in [-0.39, 0.29) is 5.82 Å². The Bertz CT molecular complexity index is 1050. The number of nitrogen functional groups attached to an aromatic ring is 1. The molecule has 32 heavy (non-hydrogen) atoms. The molecule has 184 valence electrons. The maximum absolute atomic E-state index is 13.7. The molecule has 21 heteroatoms. The zero-order valence-corrected chi connectivity index (χ0v) is 18.5. The zero-order valence-electron chi connectivity index (χ0n) is 15.8. The number of nitrogens with two attached hydrogens (primary N) is 1. The fourth-order valence-corrected chi connectivity index (χ4v) is 5.96. The molecular weight excluding hydrogens is 510 g/mol. The SMILES string of the molecule is C[C@H](OP(=O)(O)OP(=O)(O)OP(=O)(O)O)[C@H]1O[C@@H](n2ccc(N)nc2=O)C(O)(CF)[C@H]1O. The molecule has 1 aliphatic rings. The molecule has 1 aromatic heterocycles. The lowest BCUT2D eigenvalue weighted by atomic mass is 9.93. The number of nitrogens with zero attached hydrogens (tertiary/aromatic N) is 2. The van der Waals surface area contributed by atoms with Crippen LogP contribution in [0, 0.1) is 0 Å². The number of ether oxygens (including phenoxy) is 1. The summed E-state index contributed by atoms with van der Waals surface area (Å²) in [5.74, 6) is -0.217. The summed E-state index contributed by atoms with van der Waals surface area (Å²) in [7, 11) is -17.1. The van der Waals surface area contributed by atoms with Crippen LogP contribution in [-0.4, -0.2) is 69.9 Å². The van der Waals surface area contributed by atoms with E-state index in [0.29, 0.717) is 4.57 Å². The van der Waals surface area contributed by atoms with Crippen LogP contribution in [0.1, 0.15) is 13.2 Å². The highest BCUT2D eigenvalue weighted by molar-refractivity contribution is 7.66. The van der Waals surface area contributed by atoms with E-state index in [4.69, 9.17) is 25.2 Å². The number of hydrogen-bond acceptors (Lipinski definition) is 12. The van der Waals surface area contributed by atoms with Gasteiger partial charge in [-0.05, 0) is 13.0 Å². The van der Waals surface area contributed by atoms with Gasteiger partial charge in [0.05, 0.1) is 6.10 Å². The second kappa shape index (κ2) is 9.27. The van der Waals surface area contributed by atoms with Crippen LogP contribution in [0.3, 0.4) is 0 Å². The monoisotopic (exact) mass is 529 g/mol. The first-order valence-corrected chi connectivity index (χ1v) is 12.7. The summed E-state index contributed by atoms with van der Waals surface area (Å²) in [5, 5.41) is 20.9. The van der Waals surface area contributed by atoms with E-state index in [1.54, 1.807) is 0 Å². The number of phosphoric acid groups is 3. The van der Waals surface area contributed by atoms with E-state index < -0.39 is 66.0 Å². The summed E-state index contributed by atoms with van der Waals surface area (Å²) >= 11 is 0. The van der Waals surface area contributed by atoms with Crippen molar-refractivity contribution in [1.82, 2.24) is 9.55 Å². The van der Waals surface area contributed by atoms with Crippen molar-refractivity contribution in [2.75, 3.05) is 12.4 Å². The summed E-state index contributed by atoms with van der Waals surface area (Å²) in [5.41, 5.74) is 1.46. The lowest BCUT2D eigenvalue weighted by Gasteiger charge is -2.29. The minimum Gasteiger partial charge on any atom is -0.387 e. The number of alkyl halides is 1. The van der Waals surface area contributed by atoms with E-state index in [1.165, 1.54) is 0 Å². The molecule has 7 atom stereocenters. The second-order valence-corrected chi connectivity index (χ2v) is 10.8. The van der Waals surface area contributed by atoms with E-state index >= 15 is 0 Å². The smallest absolute Gasteiger partial charge is 0.387 e. The van der Waals surface area contributed by atoms with Gasteiger partial charge in [-0.15, -0.1) is 0 Å². The van der Waals surface area contributed by atoms with E-state index in [1.807, 2.05) is 0 Å². The first-order chi connectivity index (χ1) is 14.4. The van der Waals surface area contributed by atoms with Gasteiger partial charge in [0.2, 0.25) is 0 Å². The van der Waals surface area contributed by atoms with Crippen molar-refractivity contribution in [3.63, 3.8) is 0 Å². The van der Waals surface area contributed by atoms with E-state index in [9.17, 15) is 38.0 Å². The van der Waals surface area contributed by atoms with Gasteiger partial charge < -0.3 is 40.3 Å². The Morgan fingerprint density at radius 1 is 1.28 bits per heavy atom. The van der Waals surface area contributed by atoms with Crippen molar-refractivity contribution in [3.05, 3.63) is 22.7 Å². The fraction of sp³-hybridized carbons (Fsp3) is 0.636. The number of hydrogen-bond donors (Lipinski definition) is 7. The minimum absolute atomic E-state index is 0.217. The van der Waals surface area contributed by atoms with Crippen LogP contribution < -0.4 is 11.4 Å². The average molecular weight is 529 g/mol. The van der Waals surface area contributed by atoms with Crippen LogP contribution in [0.5, 0.6) is 0 Å². The molecule has 0 aromatic carbocycles. The van der Waals surface area contributed by atoms with Crippen LogP contribution in [0.25, 0.3) is 0 Å². The average Bonchev–Trinajstić information content (AvgIpc) is 2.84. The summed E-state index contributed by atoms with van der Waals surface area (Å²) in [6.07, 6.45) is -6.78. The molecule has 0 aliphatic carbocycles. The van der Waals surface area contributed by atoms with Gasteiger partial charge in [0, 0.05) is 6.20 Å². The predicted octanol–water partition coefficient (Wildman–Crippen LogP) is -1.48. The zero-order chi connectivity index (χ0) is 24.7. The standard InChI is InChI=1S/C11H19FN3O14P3/c1-5(27-31(22,23)29-32(24,25)28-30(19,20)21)7-8(16)11(18,4-12)9(26-7)15-3-2-6(13)14-10(15)17/h2-3,5,7-9,16,18H,4H2,1H3,(H,22,23)(H,24,25)(H2,13,14,17)(H2,19,20,21)/t5-,7+,8-,9+,11?/m0/s1. The van der Waals surface area contributed by atoms with Gasteiger partial charge in [0.1, 0.15) is 24.7 Å². The largest absolute Gasteiger partial charge is 0.490 e. The van der Waals surface area contributed by atoms with Crippen molar-refractivity contribution in [1.29, 1.82) is 0 Å². The number of rotatable bonds is 9. The number of anilines is 1. The number of halogens is 1. The molecule has 1 aliphatic heterocycles. The maximum Gasteiger partial charge on any atom is 0.490 e. The van der Waals surface area contributed by atoms with Gasteiger partial charge in [-0.2, -0.15) is 13.6 Å². The molecule has 0 spiro atoms. The Balaban J connectivity index is 2.25. The summed E-state index contributed by atoms with van der Waals surface area (Å²) in [6.45, 7) is -0.745. The highest BCUT2D eigenvalue weighted by Crippen LogP contribution is 2.66. The molecular formula is C11H19FN3O14P3. The molecule has 0 amide bonds. The molecule has 3 unspecified atom stereocenters. The van der Waals surface area contributed by atoms with Gasteiger partial charge in [0.15, 0.2) is 11.8 Å². The Kier molecular flexibility index (Phi) is 7.87. The summed E-state index contributed by atoms with van der Waals surface area (Å²) < 4.78 is 65.1. The van der Waals surface area contributed by atoms with Crippen LogP contribution >= 0.6 is 23.5 Å². The third kappa shape index (κ3) is 6.27. The van der Waals surface area contributed by atoms with Gasteiger partial charge in [-0.25, -0.2) is 22.9 Å². The highest BCUT2D eigenvalue weighted by Gasteiger charge is 2.59. The van der Waals surface area contributed by atoms with Crippen molar-refractivity contribution in [2.24, 2.45) is 0 Å². The molecule has 17 nitrogen and oxygen atoms in total. The van der Waals surface area contributed by atoms with Crippen molar-refractivity contribution < 1.29 is 65.8 Å². The normalized spacial score (nSPS) is 31.1. The molecule has 0 radical (unpaired) electrons. The Labute approximate surface area is 177 Å². The van der Waals surface area contributed by atoms with Gasteiger partial charge in [0.25, 0.3) is 0 Å². The summed E-state index contributed by atoms with van der Waals surface area (Å²) in [4.78, 5) is 51.2. The second-order valence-electron chi connectivity index (χ2n) is 6.47. The van der Waals surface area contributed by atoms with E-state index in [0.717, 1.165) is 19.2 Å². The predicted molar refractivity (Wildman–Crippen MR) is 98.2 cm³/mol. The molecule has 8 N–H and O–H groups in total. The molecule has 1 fully saturated rings. The molecule has 0 saturated carbocycles. The number of aliphatic hydroxyl groups excluding tert-OH is 1. The molecule has 1 saturated heterocycles. The van der Waals surface area contributed by atoms with E-state index in [2.05, 4.69) is 18.1 Å². The van der Waals surface area contributed by atoms with Gasteiger partial charge in [-0.3, -0.25) is 9.09 Å². The molecule has 2 heterocycles. The summed E-state index contributed by atoms with van der Waals surface area (Å²) in [6, 6.07) is 1.10. The number of phosphoric ester groups is 1. The Morgan fingerprint density at radius 2 is 1.88 bits per heavy atom. The first kappa shape index (κ1) is 27.1. The molecule has 1 aromatic rings. The first-order valence-electron chi connectivity index (χ1n) is 8.19. The van der Waals surface area contributed by atoms with Crippen molar-refractivity contribution >= 4 is 29.3 Å². The third-order valence-corrected chi connectivity index (χ3v) is 7.96.